The van der Waals surface area contributed by atoms with Gasteiger partial charge in [0.25, 0.3) is 0 Å². The molecule has 1 atom stereocenters. The van der Waals surface area contributed by atoms with Crippen molar-refractivity contribution >= 4 is 45.6 Å². The molecule has 2 aromatic carbocycles. The number of nitrogens with one attached hydrogen (secondary N) is 1. The van der Waals surface area contributed by atoms with Gasteiger partial charge in [0.05, 0.1) is 37.5 Å². The predicted octanol–water partition coefficient (Wildman–Crippen LogP) is 5.23. The largest absolute Gasteiger partial charge is 0.497 e. The molecule has 2 aliphatic rings. The number of carbonyl (C=O) groups is 2. The molecule has 1 aromatic heterocycles. The fourth-order valence-electron chi connectivity index (χ4n) is 5.32. The molecule has 2 heterocycles. The number of ether oxygens (including phenoxy) is 2. The van der Waals surface area contributed by atoms with Crippen LogP contribution in [-0.4, -0.2) is 41.9 Å². The number of benzene rings is 2. The second-order valence-corrected chi connectivity index (χ2v) is 12.8. The van der Waals surface area contributed by atoms with Crippen LogP contribution in [0.4, 0.5) is 10.8 Å². The quantitative estimate of drug-likeness (QED) is 0.329. The van der Waals surface area contributed by atoms with Gasteiger partial charge in [-0.1, -0.05) is 61.2 Å². The molecular weight excluding hydrogens is 573 g/mol. The zero-order valence-electron chi connectivity index (χ0n) is 23.6. The molecule has 1 unspecified atom stereocenters. The maximum absolute atomic E-state index is 13.8. The van der Waals surface area contributed by atoms with Crippen LogP contribution < -0.4 is 25.4 Å². The van der Waals surface area contributed by atoms with Gasteiger partial charge in [-0.3, -0.25) is 14.5 Å². The predicted molar refractivity (Wildman–Crippen MR) is 162 cm³/mol. The van der Waals surface area contributed by atoms with E-state index in [1.165, 1.54) is 23.1 Å². The minimum atomic E-state index is -0.664. The first kappa shape index (κ1) is 29.2. The summed E-state index contributed by atoms with van der Waals surface area (Å²) in [5, 5.41) is 22.2. The number of thioether (sulfide) groups is 1. The number of methoxy groups -OCH3 is 2. The molecule has 42 heavy (non-hydrogen) atoms. The molecule has 3 aromatic rings. The van der Waals surface area contributed by atoms with Crippen LogP contribution in [0.1, 0.15) is 38.2 Å². The molecule has 10 nitrogen and oxygen atoms in total. The highest BCUT2D eigenvalue weighted by molar-refractivity contribution is 8.01. The number of nitrogens with zero attached hydrogens (tertiary/aromatic N) is 4. The lowest BCUT2D eigenvalue weighted by Crippen LogP contribution is -2.42. The summed E-state index contributed by atoms with van der Waals surface area (Å²) in [6.07, 6.45) is 0.883. The zero-order chi connectivity index (χ0) is 30.0. The molecule has 3 N–H and O–H groups in total. The van der Waals surface area contributed by atoms with E-state index in [1.54, 1.807) is 43.4 Å². The molecule has 1 aliphatic carbocycles. The van der Waals surface area contributed by atoms with Crippen LogP contribution in [0.2, 0.25) is 0 Å². The lowest BCUT2D eigenvalue weighted by molar-refractivity contribution is -0.118. The van der Waals surface area contributed by atoms with E-state index in [4.69, 9.17) is 15.2 Å². The smallest absolute Gasteiger partial charge is 0.234 e. The summed E-state index contributed by atoms with van der Waals surface area (Å²) >= 11 is 2.48. The first-order valence-corrected chi connectivity index (χ1v) is 14.9. The summed E-state index contributed by atoms with van der Waals surface area (Å²) in [7, 11) is 3.13. The Bertz CT molecular complexity index is 1650. The van der Waals surface area contributed by atoms with Gasteiger partial charge >= 0.3 is 0 Å². The van der Waals surface area contributed by atoms with Crippen molar-refractivity contribution in [3.63, 3.8) is 0 Å². The minimum Gasteiger partial charge on any atom is -0.497 e. The van der Waals surface area contributed by atoms with Crippen molar-refractivity contribution in [2.45, 2.75) is 36.9 Å². The van der Waals surface area contributed by atoms with E-state index in [9.17, 15) is 14.9 Å². The number of carbonyl (C=O) groups excluding carboxylic acids is 2. The fraction of sp³-hybridized carbons (Fsp3) is 0.300. The molecular formula is C30H30N6O4S2. The van der Waals surface area contributed by atoms with Crippen LogP contribution in [-0.2, 0) is 9.59 Å². The van der Waals surface area contributed by atoms with Gasteiger partial charge in [-0.2, -0.15) is 5.26 Å². The normalized spacial score (nSPS) is 17.9. The van der Waals surface area contributed by atoms with Crippen molar-refractivity contribution in [3.05, 3.63) is 76.8 Å². The van der Waals surface area contributed by atoms with Crippen LogP contribution >= 0.6 is 23.1 Å². The van der Waals surface area contributed by atoms with Gasteiger partial charge in [-0.15, -0.1) is 10.2 Å². The Morgan fingerprint density at radius 1 is 1.19 bits per heavy atom. The number of aromatic nitrogens is 2. The molecule has 216 valence electrons. The van der Waals surface area contributed by atoms with Crippen LogP contribution in [0.3, 0.4) is 0 Å². The Labute approximate surface area is 252 Å². The van der Waals surface area contributed by atoms with Crippen molar-refractivity contribution in [2.75, 3.05) is 30.2 Å². The molecule has 12 heteroatoms. The minimum absolute atomic E-state index is 0.0456. The monoisotopic (exact) mass is 602 g/mol. The highest BCUT2D eigenvalue weighted by Crippen LogP contribution is 2.52. The van der Waals surface area contributed by atoms with Gasteiger partial charge in [0.15, 0.2) is 10.1 Å². The summed E-state index contributed by atoms with van der Waals surface area (Å²) < 4.78 is 11.4. The zero-order valence-corrected chi connectivity index (χ0v) is 25.3. The SMILES string of the molecule is COc1cccc(NC(=O)CSc2nnc(N3C(N)=C(C#N)C(c4ccccc4OC)C4=C3CC(C)(C)CC4=O)s2)c1. The van der Waals surface area contributed by atoms with Gasteiger partial charge in [-0.05, 0) is 30.0 Å². The number of anilines is 2. The van der Waals surface area contributed by atoms with E-state index in [2.05, 4.69) is 21.6 Å². The van der Waals surface area contributed by atoms with Crippen molar-refractivity contribution in [1.82, 2.24) is 10.2 Å². The molecule has 0 bridgehead atoms. The number of para-hydroxylation sites is 1. The maximum Gasteiger partial charge on any atom is 0.234 e. The van der Waals surface area contributed by atoms with Crippen molar-refractivity contribution in [1.29, 1.82) is 5.26 Å². The highest BCUT2D eigenvalue weighted by atomic mass is 32.2. The number of rotatable bonds is 8. The Hall–Kier alpha value is -4.34. The van der Waals surface area contributed by atoms with Crippen molar-refractivity contribution < 1.29 is 19.1 Å². The van der Waals surface area contributed by atoms with Crippen LogP contribution in [0.5, 0.6) is 11.5 Å². The average molecular weight is 603 g/mol. The number of amides is 1. The molecule has 0 radical (unpaired) electrons. The second-order valence-electron chi connectivity index (χ2n) is 10.6. The molecule has 5 rings (SSSR count). The van der Waals surface area contributed by atoms with Crippen LogP contribution in [0, 0.1) is 16.7 Å². The Balaban J connectivity index is 1.47. The molecule has 0 saturated heterocycles. The molecule has 0 spiro atoms. The van der Waals surface area contributed by atoms with Crippen molar-refractivity contribution in [3.8, 4) is 17.6 Å². The lowest BCUT2D eigenvalue weighted by atomic mass is 9.68. The van der Waals surface area contributed by atoms with Gasteiger partial charge in [0.1, 0.15) is 17.3 Å². The number of nitriles is 1. The van der Waals surface area contributed by atoms with E-state index in [0.29, 0.717) is 56.3 Å². The Morgan fingerprint density at radius 3 is 2.71 bits per heavy atom. The summed E-state index contributed by atoms with van der Waals surface area (Å²) in [4.78, 5) is 28.1. The maximum atomic E-state index is 13.8. The Kier molecular flexibility index (Phi) is 8.24. The number of hydrogen-bond donors (Lipinski definition) is 2. The average Bonchev–Trinajstić information content (AvgIpc) is 3.43. The van der Waals surface area contributed by atoms with E-state index in [1.807, 2.05) is 38.1 Å². The highest BCUT2D eigenvalue weighted by Gasteiger charge is 2.46. The fourth-order valence-corrected chi connectivity index (χ4v) is 7.00. The van der Waals surface area contributed by atoms with Crippen LogP contribution in [0.15, 0.2) is 75.5 Å². The number of nitrogens with two attached hydrogens (primary N) is 1. The summed E-state index contributed by atoms with van der Waals surface area (Å²) in [6.45, 7) is 4.07. The topological polar surface area (TPSA) is 143 Å². The van der Waals surface area contributed by atoms with Crippen LogP contribution in [0.25, 0.3) is 0 Å². The third-order valence-corrected chi connectivity index (χ3v) is 9.14. The number of hydrogen-bond acceptors (Lipinski definition) is 11. The van der Waals surface area contributed by atoms with E-state index < -0.39 is 5.92 Å². The summed E-state index contributed by atoms with van der Waals surface area (Å²) in [5.41, 5.74) is 9.19. The molecule has 1 amide bonds. The first-order chi connectivity index (χ1) is 20.2. The van der Waals surface area contributed by atoms with E-state index >= 15 is 0 Å². The van der Waals surface area contributed by atoms with E-state index in [-0.39, 0.29) is 34.3 Å². The van der Waals surface area contributed by atoms with Gasteiger partial charge in [0, 0.05) is 35.0 Å². The van der Waals surface area contributed by atoms with Gasteiger partial charge < -0.3 is 20.5 Å². The standard InChI is InChI=1S/C30H30N6O4S2/c1-30(2)13-21-26(22(37)14-30)25(19-10-5-6-11-23(19)40-4)20(15-31)27(32)36(21)28-34-35-29(42-28)41-16-24(38)33-17-8-7-9-18(12-17)39-3/h5-12,25H,13-14,16,32H2,1-4H3,(H,33,38). The first-order valence-electron chi connectivity index (χ1n) is 13.1. The Morgan fingerprint density at radius 2 is 1.98 bits per heavy atom. The number of Topliss-reactive ketones (excluding diaryl/α,β-unsaturated/α-hetero) is 1. The summed E-state index contributed by atoms with van der Waals surface area (Å²) in [5.74, 6) is 0.598. The van der Waals surface area contributed by atoms with Crippen molar-refractivity contribution in [2.24, 2.45) is 11.1 Å². The molecule has 0 fully saturated rings. The third kappa shape index (κ3) is 5.70. The lowest BCUT2D eigenvalue weighted by Gasteiger charge is -2.42. The van der Waals surface area contributed by atoms with Gasteiger partial charge in [-0.25, -0.2) is 0 Å². The van der Waals surface area contributed by atoms with E-state index in [0.717, 1.165) is 0 Å². The second kappa shape index (κ2) is 11.9. The number of ketones is 1. The van der Waals surface area contributed by atoms with Gasteiger partial charge in [0.2, 0.25) is 11.0 Å². The summed E-state index contributed by atoms with van der Waals surface area (Å²) in [6, 6.07) is 16.7. The molecule has 1 aliphatic heterocycles. The number of allylic oxidation sites excluding steroid dienone is 3. The third-order valence-electron chi connectivity index (χ3n) is 7.10. The molecule has 0 saturated carbocycles.